The van der Waals surface area contributed by atoms with Crippen LogP contribution >= 0.6 is 11.8 Å². The van der Waals surface area contributed by atoms with E-state index in [1.165, 1.54) is 22.4 Å². The molecule has 1 aromatic heterocycles. The van der Waals surface area contributed by atoms with E-state index < -0.39 is 10.0 Å². The number of sulfonamides is 1. The van der Waals surface area contributed by atoms with Crippen LogP contribution in [0.3, 0.4) is 0 Å². The fourth-order valence-corrected chi connectivity index (χ4v) is 5.14. The highest BCUT2D eigenvalue weighted by Gasteiger charge is 2.21. The van der Waals surface area contributed by atoms with Gasteiger partial charge in [0.2, 0.25) is 10.0 Å². The SMILES string of the molecule is CCN(CC)S(=O)(=O)c1ccc(CNC(=O)c2ccc(CSc3ncn[nH]3)cc2)cc1. The maximum atomic E-state index is 12.5. The van der Waals surface area contributed by atoms with E-state index in [0.717, 1.165) is 22.0 Å². The Bertz CT molecular complexity index is 1080. The summed E-state index contributed by atoms with van der Waals surface area (Å²) >= 11 is 1.53. The Labute approximate surface area is 186 Å². The van der Waals surface area contributed by atoms with E-state index >= 15 is 0 Å². The molecule has 8 nitrogen and oxygen atoms in total. The van der Waals surface area contributed by atoms with Crippen molar-refractivity contribution in [3.05, 3.63) is 71.5 Å². The highest BCUT2D eigenvalue weighted by Crippen LogP contribution is 2.19. The van der Waals surface area contributed by atoms with Crippen molar-refractivity contribution in [1.82, 2.24) is 24.8 Å². The van der Waals surface area contributed by atoms with Gasteiger partial charge in [0.1, 0.15) is 6.33 Å². The molecule has 10 heteroatoms. The molecule has 0 saturated heterocycles. The average Bonchev–Trinajstić information content (AvgIpc) is 3.31. The summed E-state index contributed by atoms with van der Waals surface area (Å²) in [6.07, 6.45) is 1.47. The van der Waals surface area contributed by atoms with Gasteiger partial charge in [0.05, 0.1) is 4.90 Å². The predicted molar refractivity (Wildman–Crippen MR) is 120 cm³/mol. The first-order valence-corrected chi connectivity index (χ1v) is 12.3. The average molecular weight is 460 g/mol. The Kier molecular flexibility index (Phi) is 7.83. The van der Waals surface area contributed by atoms with Crippen molar-refractivity contribution in [1.29, 1.82) is 0 Å². The Hall–Kier alpha value is -2.69. The second kappa shape index (κ2) is 10.6. The Balaban J connectivity index is 1.54. The van der Waals surface area contributed by atoms with E-state index in [4.69, 9.17) is 0 Å². The quantitative estimate of drug-likeness (QED) is 0.451. The van der Waals surface area contributed by atoms with Crippen LogP contribution in [0.25, 0.3) is 0 Å². The predicted octanol–water partition coefficient (Wildman–Crippen LogP) is 3.06. The molecule has 2 N–H and O–H groups in total. The van der Waals surface area contributed by atoms with Gasteiger partial charge in [-0.1, -0.05) is 49.9 Å². The van der Waals surface area contributed by atoms with Crippen molar-refractivity contribution in [3.63, 3.8) is 0 Å². The fourth-order valence-electron chi connectivity index (χ4n) is 2.94. The molecule has 0 aliphatic rings. The number of H-pyrrole nitrogens is 1. The van der Waals surface area contributed by atoms with Crippen molar-refractivity contribution in [2.24, 2.45) is 0 Å². The number of nitrogens with zero attached hydrogens (tertiary/aromatic N) is 3. The van der Waals surface area contributed by atoms with E-state index in [0.29, 0.717) is 25.2 Å². The lowest BCUT2D eigenvalue weighted by Gasteiger charge is -2.18. The number of hydrogen-bond donors (Lipinski definition) is 2. The van der Waals surface area contributed by atoms with Gasteiger partial charge in [-0.2, -0.15) is 9.40 Å². The number of aromatic amines is 1. The van der Waals surface area contributed by atoms with Gasteiger partial charge in [-0.15, -0.1) is 0 Å². The van der Waals surface area contributed by atoms with Gasteiger partial charge in [-0.05, 0) is 35.4 Å². The zero-order valence-corrected chi connectivity index (χ0v) is 19.0. The first-order chi connectivity index (χ1) is 14.9. The van der Waals surface area contributed by atoms with Gasteiger partial charge in [0.25, 0.3) is 5.91 Å². The monoisotopic (exact) mass is 459 g/mol. The van der Waals surface area contributed by atoms with Gasteiger partial charge in [0, 0.05) is 31.0 Å². The summed E-state index contributed by atoms with van der Waals surface area (Å²) in [6.45, 7) is 4.79. The lowest BCUT2D eigenvalue weighted by molar-refractivity contribution is 0.0951. The summed E-state index contributed by atoms with van der Waals surface area (Å²) in [5, 5.41) is 10.2. The number of nitrogens with one attached hydrogen (secondary N) is 2. The van der Waals surface area contributed by atoms with E-state index in [1.807, 2.05) is 26.0 Å². The maximum Gasteiger partial charge on any atom is 0.251 e. The van der Waals surface area contributed by atoms with Crippen LogP contribution in [0.5, 0.6) is 0 Å². The molecule has 0 spiro atoms. The molecule has 0 aliphatic carbocycles. The van der Waals surface area contributed by atoms with Crippen LogP contribution < -0.4 is 5.32 Å². The molecule has 164 valence electrons. The Morgan fingerprint density at radius 3 is 2.26 bits per heavy atom. The van der Waals surface area contributed by atoms with Crippen molar-refractivity contribution in [2.75, 3.05) is 13.1 Å². The molecule has 0 fully saturated rings. The van der Waals surface area contributed by atoms with Crippen molar-refractivity contribution < 1.29 is 13.2 Å². The largest absolute Gasteiger partial charge is 0.348 e. The highest BCUT2D eigenvalue weighted by atomic mass is 32.2. The number of rotatable bonds is 10. The standard InChI is InChI=1S/C21H25N5O3S2/c1-3-26(4-2)31(28,29)19-11-7-16(8-12-19)13-22-20(27)18-9-5-17(6-10-18)14-30-21-23-15-24-25-21/h5-12,15H,3-4,13-14H2,1-2H3,(H,22,27)(H,23,24,25). The van der Waals surface area contributed by atoms with Gasteiger partial charge < -0.3 is 5.32 Å². The Morgan fingerprint density at radius 1 is 1.03 bits per heavy atom. The molecule has 31 heavy (non-hydrogen) atoms. The summed E-state index contributed by atoms with van der Waals surface area (Å²) in [5.41, 5.74) is 2.46. The number of amides is 1. The second-order valence-corrected chi connectivity index (χ2v) is 9.59. The number of hydrogen-bond acceptors (Lipinski definition) is 6. The van der Waals surface area contributed by atoms with Gasteiger partial charge in [-0.25, -0.2) is 13.4 Å². The zero-order valence-electron chi connectivity index (χ0n) is 17.4. The van der Waals surface area contributed by atoms with Crippen molar-refractivity contribution in [3.8, 4) is 0 Å². The third kappa shape index (κ3) is 5.93. The molecule has 3 rings (SSSR count). The van der Waals surface area contributed by atoms with Crippen molar-refractivity contribution >= 4 is 27.7 Å². The van der Waals surface area contributed by atoms with Crippen LogP contribution in [0.2, 0.25) is 0 Å². The normalized spacial score (nSPS) is 11.6. The minimum absolute atomic E-state index is 0.186. The van der Waals surface area contributed by atoms with Gasteiger partial charge in [0.15, 0.2) is 5.16 Å². The van der Waals surface area contributed by atoms with Crippen LogP contribution in [0.1, 0.15) is 35.3 Å². The molecule has 1 heterocycles. The van der Waals surface area contributed by atoms with E-state index in [2.05, 4.69) is 20.5 Å². The topological polar surface area (TPSA) is 108 Å². The molecular weight excluding hydrogens is 434 g/mol. The minimum atomic E-state index is -3.48. The van der Waals surface area contributed by atoms with E-state index in [1.54, 1.807) is 36.4 Å². The molecule has 0 bridgehead atoms. The molecular formula is C21H25N5O3S2. The van der Waals surface area contributed by atoms with Gasteiger partial charge >= 0.3 is 0 Å². The summed E-state index contributed by atoms with van der Waals surface area (Å²) in [7, 11) is -3.48. The molecule has 0 unspecified atom stereocenters. The third-order valence-corrected chi connectivity index (χ3v) is 7.72. The number of aromatic nitrogens is 3. The van der Waals surface area contributed by atoms with Gasteiger partial charge in [-0.3, -0.25) is 9.89 Å². The molecule has 0 radical (unpaired) electrons. The minimum Gasteiger partial charge on any atom is -0.348 e. The smallest absolute Gasteiger partial charge is 0.251 e. The number of benzene rings is 2. The highest BCUT2D eigenvalue weighted by molar-refractivity contribution is 7.98. The molecule has 0 saturated carbocycles. The van der Waals surface area contributed by atoms with Crippen LogP contribution in [-0.4, -0.2) is 46.9 Å². The zero-order chi connectivity index (χ0) is 22.3. The molecule has 3 aromatic rings. The lowest BCUT2D eigenvalue weighted by Crippen LogP contribution is -2.30. The molecule has 0 atom stereocenters. The van der Waals surface area contributed by atoms with Crippen LogP contribution in [0.15, 0.2) is 64.9 Å². The summed E-state index contributed by atoms with van der Waals surface area (Å²) in [5.74, 6) is 0.536. The maximum absolute atomic E-state index is 12.5. The number of carbonyl (C=O) groups is 1. The summed E-state index contributed by atoms with van der Waals surface area (Å²) < 4.78 is 26.5. The third-order valence-electron chi connectivity index (χ3n) is 4.70. The van der Waals surface area contributed by atoms with Crippen LogP contribution in [0.4, 0.5) is 0 Å². The molecule has 0 aliphatic heterocycles. The van der Waals surface area contributed by atoms with Crippen LogP contribution in [0, 0.1) is 0 Å². The van der Waals surface area contributed by atoms with Crippen molar-refractivity contribution in [2.45, 2.75) is 36.2 Å². The van der Waals surface area contributed by atoms with E-state index in [-0.39, 0.29) is 10.8 Å². The molecule has 2 aromatic carbocycles. The first kappa shape index (κ1) is 23.0. The summed E-state index contributed by atoms with van der Waals surface area (Å²) in [6, 6.07) is 14.0. The molecule has 1 amide bonds. The second-order valence-electron chi connectivity index (χ2n) is 6.69. The van der Waals surface area contributed by atoms with E-state index in [9.17, 15) is 13.2 Å². The summed E-state index contributed by atoms with van der Waals surface area (Å²) in [4.78, 5) is 16.7. The number of carbonyl (C=O) groups excluding carboxylic acids is 1. The number of thioether (sulfide) groups is 1. The fraction of sp³-hybridized carbons (Fsp3) is 0.286. The lowest BCUT2D eigenvalue weighted by atomic mass is 10.1. The first-order valence-electron chi connectivity index (χ1n) is 9.88. The van der Waals surface area contributed by atoms with Crippen LogP contribution in [-0.2, 0) is 22.3 Å². The Morgan fingerprint density at radius 2 is 1.68 bits per heavy atom.